The van der Waals surface area contributed by atoms with E-state index in [0.717, 1.165) is 6.61 Å². The minimum atomic E-state index is 0.509. The van der Waals surface area contributed by atoms with E-state index in [1.165, 1.54) is 32.4 Å². The maximum atomic E-state index is 5.67. The number of hydrogen-bond acceptors (Lipinski definition) is 3. The van der Waals surface area contributed by atoms with Crippen LogP contribution in [-0.4, -0.2) is 49.8 Å². The van der Waals surface area contributed by atoms with Gasteiger partial charge in [-0.25, -0.2) is 0 Å². The summed E-state index contributed by atoms with van der Waals surface area (Å²) in [4.78, 5) is 2.60. The Bertz CT molecular complexity index is 179. The van der Waals surface area contributed by atoms with Gasteiger partial charge in [-0.3, -0.25) is 0 Å². The lowest BCUT2D eigenvalue weighted by Crippen LogP contribution is -2.44. The van der Waals surface area contributed by atoms with E-state index in [0.29, 0.717) is 18.2 Å². The number of ether oxygens (including phenoxy) is 1. The highest BCUT2D eigenvalue weighted by Gasteiger charge is 2.23. The van der Waals surface area contributed by atoms with Crippen molar-refractivity contribution in [3.63, 3.8) is 0 Å². The summed E-state index contributed by atoms with van der Waals surface area (Å²) in [6, 6.07) is 1.30. The van der Waals surface area contributed by atoms with Gasteiger partial charge < -0.3 is 15.0 Å². The van der Waals surface area contributed by atoms with Crippen molar-refractivity contribution in [1.29, 1.82) is 0 Å². The monoisotopic (exact) mass is 228 g/mol. The zero-order chi connectivity index (χ0) is 12.0. The van der Waals surface area contributed by atoms with Gasteiger partial charge in [0, 0.05) is 31.8 Å². The van der Waals surface area contributed by atoms with Gasteiger partial charge in [-0.1, -0.05) is 0 Å². The third kappa shape index (κ3) is 4.40. The standard InChI is InChI=1S/C13H28N2O/c1-5-16-13-6-8-15(9-7-13)12(3)10-11(2)14-4/h11-14H,5-10H2,1-4H3. The molecule has 0 bridgehead atoms. The fraction of sp³-hybridized carbons (Fsp3) is 1.00. The quantitative estimate of drug-likeness (QED) is 0.751. The molecule has 0 aromatic rings. The summed E-state index contributed by atoms with van der Waals surface area (Å²) >= 11 is 0. The van der Waals surface area contributed by atoms with Crippen LogP contribution >= 0.6 is 0 Å². The zero-order valence-corrected chi connectivity index (χ0v) is 11.3. The third-order valence-electron chi connectivity index (χ3n) is 3.69. The molecule has 3 nitrogen and oxygen atoms in total. The lowest BCUT2D eigenvalue weighted by Gasteiger charge is -2.36. The van der Waals surface area contributed by atoms with Gasteiger partial charge in [-0.15, -0.1) is 0 Å². The highest BCUT2D eigenvalue weighted by molar-refractivity contribution is 4.78. The molecule has 2 atom stereocenters. The molecular weight excluding hydrogens is 200 g/mol. The molecular formula is C13H28N2O. The van der Waals surface area contributed by atoms with Crippen molar-refractivity contribution in [3.05, 3.63) is 0 Å². The minimum Gasteiger partial charge on any atom is -0.378 e. The highest BCUT2D eigenvalue weighted by Crippen LogP contribution is 2.17. The van der Waals surface area contributed by atoms with Crippen LogP contribution in [0.4, 0.5) is 0 Å². The summed E-state index contributed by atoms with van der Waals surface area (Å²) in [5, 5.41) is 3.31. The SMILES string of the molecule is CCOC1CCN(C(C)CC(C)NC)CC1. The first-order chi connectivity index (χ1) is 7.67. The Morgan fingerprint density at radius 1 is 1.31 bits per heavy atom. The van der Waals surface area contributed by atoms with Crippen molar-refractivity contribution in [3.8, 4) is 0 Å². The molecule has 16 heavy (non-hydrogen) atoms. The van der Waals surface area contributed by atoms with E-state index < -0.39 is 0 Å². The first kappa shape index (κ1) is 13.9. The van der Waals surface area contributed by atoms with E-state index in [1.54, 1.807) is 0 Å². The van der Waals surface area contributed by atoms with Crippen molar-refractivity contribution >= 4 is 0 Å². The molecule has 1 heterocycles. The second kappa shape index (κ2) is 7.25. The topological polar surface area (TPSA) is 24.5 Å². The van der Waals surface area contributed by atoms with E-state index in [9.17, 15) is 0 Å². The van der Waals surface area contributed by atoms with Gasteiger partial charge in [0.2, 0.25) is 0 Å². The molecule has 0 spiro atoms. The van der Waals surface area contributed by atoms with Crippen LogP contribution < -0.4 is 5.32 Å². The molecule has 3 heteroatoms. The molecule has 1 rings (SSSR count). The zero-order valence-electron chi connectivity index (χ0n) is 11.3. The van der Waals surface area contributed by atoms with Crippen molar-refractivity contribution in [2.24, 2.45) is 0 Å². The van der Waals surface area contributed by atoms with Crippen LogP contribution in [0.2, 0.25) is 0 Å². The van der Waals surface area contributed by atoms with E-state index in [1.807, 2.05) is 7.05 Å². The molecule has 1 N–H and O–H groups in total. The van der Waals surface area contributed by atoms with Gasteiger partial charge in [-0.2, -0.15) is 0 Å². The van der Waals surface area contributed by atoms with Crippen LogP contribution in [0, 0.1) is 0 Å². The molecule has 1 aliphatic heterocycles. The number of likely N-dealkylation sites (tertiary alicyclic amines) is 1. The number of nitrogens with one attached hydrogen (secondary N) is 1. The Morgan fingerprint density at radius 3 is 2.44 bits per heavy atom. The Hall–Kier alpha value is -0.120. The average Bonchev–Trinajstić information content (AvgIpc) is 2.30. The smallest absolute Gasteiger partial charge is 0.0599 e. The van der Waals surface area contributed by atoms with Gasteiger partial charge in [0.05, 0.1) is 6.10 Å². The molecule has 0 amide bonds. The highest BCUT2D eigenvalue weighted by atomic mass is 16.5. The number of nitrogens with zero attached hydrogens (tertiary/aromatic N) is 1. The molecule has 2 unspecified atom stereocenters. The third-order valence-corrected chi connectivity index (χ3v) is 3.69. The van der Waals surface area contributed by atoms with Gasteiger partial charge >= 0.3 is 0 Å². The predicted molar refractivity (Wildman–Crippen MR) is 68.8 cm³/mol. The van der Waals surface area contributed by atoms with Crippen LogP contribution in [-0.2, 0) is 4.74 Å². The van der Waals surface area contributed by atoms with Crippen molar-refractivity contribution in [2.75, 3.05) is 26.7 Å². The van der Waals surface area contributed by atoms with Crippen LogP contribution in [0.3, 0.4) is 0 Å². The van der Waals surface area contributed by atoms with Crippen molar-refractivity contribution in [1.82, 2.24) is 10.2 Å². The average molecular weight is 228 g/mol. The summed E-state index contributed by atoms with van der Waals surface area (Å²) in [5.41, 5.74) is 0. The summed E-state index contributed by atoms with van der Waals surface area (Å²) in [7, 11) is 2.04. The Kier molecular flexibility index (Phi) is 6.32. The van der Waals surface area contributed by atoms with Crippen LogP contribution in [0.15, 0.2) is 0 Å². The van der Waals surface area contributed by atoms with E-state index >= 15 is 0 Å². The van der Waals surface area contributed by atoms with Crippen LogP contribution in [0.1, 0.15) is 40.0 Å². The van der Waals surface area contributed by atoms with Crippen molar-refractivity contribution in [2.45, 2.75) is 58.2 Å². The van der Waals surface area contributed by atoms with Gasteiger partial charge in [-0.05, 0) is 47.1 Å². The number of rotatable bonds is 6. The second-order valence-corrected chi connectivity index (χ2v) is 4.97. The lowest BCUT2D eigenvalue weighted by molar-refractivity contribution is 0.00429. The largest absolute Gasteiger partial charge is 0.378 e. The molecule has 1 aliphatic rings. The summed E-state index contributed by atoms with van der Waals surface area (Å²) in [5.74, 6) is 0. The summed E-state index contributed by atoms with van der Waals surface area (Å²) in [6.07, 6.45) is 4.14. The van der Waals surface area contributed by atoms with Crippen LogP contribution in [0.25, 0.3) is 0 Å². The summed E-state index contributed by atoms with van der Waals surface area (Å²) in [6.45, 7) is 9.93. The van der Waals surface area contributed by atoms with E-state index in [4.69, 9.17) is 4.74 Å². The van der Waals surface area contributed by atoms with E-state index in [-0.39, 0.29) is 0 Å². The number of hydrogen-bond donors (Lipinski definition) is 1. The molecule has 0 aliphatic carbocycles. The first-order valence-electron chi connectivity index (χ1n) is 6.70. The Balaban J connectivity index is 2.24. The molecule has 1 saturated heterocycles. The molecule has 1 fully saturated rings. The number of piperidine rings is 1. The minimum absolute atomic E-state index is 0.509. The first-order valence-corrected chi connectivity index (χ1v) is 6.70. The Labute approximate surface area is 101 Å². The van der Waals surface area contributed by atoms with Gasteiger partial charge in [0.25, 0.3) is 0 Å². The van der Waals surface area contributed by atoms with Gasteiger partial charge in [0.1, 0.15) is 0 Å². The van der Waals surface area contributed by atoms with E-state index in [2.05, 4.69) is 31.0 Å². The maximum Gasteiger partial charge on any atom is 0.0599 e. The maximum absolute atomic E-state index is 5.67. The van der Waals surface area contributed by atoms with Crippen molar-refractivity contribution < 1.29 is 4.74 Å². The molecule has 0 saturated carbocycles. The predicted octanol–water partition coefficient (Wildman–Crippen LogP) is 1.87. The fourth-order valence-corrected chi connectivity index (χ4v) is 2.50. The van der Waals surface area contributed by atoms with Gasteiger partial charge in [0.15, 0.2) is 0 Å². The molecule has 96 valence electrons. The Morgan fingerprint density at radius 2 is 1.94 bits per heavy atom. The second-order valence-electron chi connectivity index (χ2n) is 4.97. The molecule has 0 radical (unpaired) electrons. The summed E-state index contributed by atoms with van der Waals surface area (Å²) < 4.78 is 5.67. The normalized spacial score (nSPS) is 23.2. The molecule has 0 aromatic carbocycles. The molecule has 0 aromatic heterocycles. The van der Waals surface area contributed by atoms with Crippen LogP contribution in [0.5, 0.6) is 0 Å². The lowest BCUT2D eigenvalue weighted by atomic mass is 10.0. The fourth-order valence-electron chi connectivity index (χ4n) is 2.50.